The van der Waals surface area contributed by atoms with Crippen LogP contribution >= 0.6 is 0 Å². The summed E-state index contributed by atoms with van der Waals surface area (Å²) in [6.07, 6.45) is 0. The molecule has 6 fully saturated rings. The Morgan fingerprint density at radius 3 is 1.81 bits per heavy atom. The zero-order chi connectivity index (χ0) is 11.2. The third-order valence-electron chi connectivity index (χ3n) is 7.16. The van der Waals surface area contributed by atoms with Crippen LogP contribution in [0, 0.1) is 46.8 Å². The van der Waals surface area contributed by atoms with Gasteiger partial charge < -0.3 is 4.90 Å². The lowest BCUT2D eigenvalue weighted by Crippen LogP contribution is -3.07. The Morgan fingerprint density at radius 1 is 1.00 bits per heavy atom. The highest BCUT2D eigenvalue weighted by Crippen LogP contribution is 3.06. The molecule has 2 nitrogen and oxygen atoms in total. The standard InChI is InChI=1S/C14H19NO/c1-13(2,3)15(4)12(16)14-9-6-5-7(9)11(14)8(5)10(6)14/h5-11H,1-4H3. The van der Waals surface area contributed by atoms with Crippen LogP contribution in [0.1, 0.15) is 20.8 Å². The van der Waals surface area contributed by atoms with E-state index >= 15 is 0 Å². The minimum atomic E-state index is -0.00765. The average molecular weight is 217 g/mol. The fourth-order valence-corrected chi connectivity index (χ4v) is 6.45. The van der Waals surface area contributed by atoms with Crippen LogP contribution in [0.4, 0.5) is 0 Å². The van der Waals surface area contributed by atoms with E-state index < -0.39 is 0 Å². The fourth-order valence-electron chi connectivity index (χ4n) is 6.45. The predicted molar refractivity (Wildman–Crippen MR) is 59.4 cm³/mol. The Hall–Kier alpha value is -0.530. The van der Waals surface area contributed by atoms with Crippen LogP contribution in [0.2, 0.25) is 0 Å². The van der Waals surface area contributed by atoms with E-state index in [4.69, 9.17) is 0 Å². The molecule has 0 aromatic rings. The maximum absolute atomic E-state index is 12.7. The van der Waals surface area contributed by atoms with Gasteiger partial charge in [0.1, 0.15) is 0 Å². The van der Waals surface area contributed by atoms with Crippen molar-refractivity contribution in [3.63, 3.8) is 0 Å². The first kappa shape index (κ1) is 8.54. The third kappa shape index (κ3) is 0.434. The first-order chi connectivity index (χ1) is 7.43. The van der Waals surface area contributed by atoms with Gasteiger partial charge in [-0.2, -0.15) is 0 Å². The van der Waals surface area contributed by atoms with Gasteiger partial charge in [0.2, 0.25) is 5.91 Å². The smallest absolute Gasteiger partial charge is 0.229 e. The molecule has 6 saturated carbocycles. The quantitative estimate of drug-likeness (QED) is 0.653. The van der Waals surface area contributed by atoms with Crippen LogP contribution in [0.25, 0.3) is 0 Å². The van der Waals surface area contributed by atoms with E-state index in [1.807, 2.05) is 11.9 Å². The van der Waals surface area contributed by atoms with Crippen molar-refractivity contribution >= 4 is 5.91 Å². The second-order valence-corrected chi connectivity index (χ2v) is 7.85. The Kier molecular flexibility index (Phi) is 0.947. The molecule has 6 aliphatic rings. The molecule has 0 spiro atoms. The largest absolute Gasteiger partial charge is 0.340 e. The van der Waals surface area contributed by atoms with Crippen molar-refractivity contribution in [2.45, 2.75) is 26.3 Å². The summed E-state index contributed by atoms with van der Waals surface area (Å²) in [5.74, 6) is 7.16. The van der Waals surface area contributed by atoms with E-state index in [0.717, 1.165) is 41.4 Å². The third-order valence-corrected chi connectivity index (χ3v) is 7.16. The van der Waals surface area contributed by atoms with Crippen molar-refractivity contribution in [1.82, 2.24) is 4.90 Å². The number of hydrogen-bond donors (Lipinski definition) is 0. The Bertz CT molecular complexity index is 395. The van der Waals surface area contributed by atoms with Crippen molar-refractivity contribution in [3.8, 4) is 0 Å². The van der Waals surface area contributed by atoms with E-state index in [9.17, 15) is 4.79 Å². The predicted octanol–water partition coefficient (Wildman–Crippen LogP) is 1.61. The average Bonchev–Trinajstić information content (AvgIpc) is 2.26. The summed E-state index contributed by atoms with van der Waals surface area (Å²) in [6.45, 7) is 6.44. The number of amides is 1. The molecule has 0 aromatic heterocycles. The summed E-state index contributed by atoms with van der Waals surface area (Å²) in [4.78, 5) is 14.7. The molecular formula is C14H19NO. The number of hydrogen-bond acceptors (Lipinski definition) is 1. The molecule has 2 heteroatoms. The van der Waals surface area contributed by atoms with Crippen LogP contribution in [0.15, 0.2) is 0 Å². The van der Waals surface area contributed by atoms with Crippen LogP contribution in [-0.2, 0) is 4.79 Å². The van der Waals surface area contributed by atoms with E-state index in [1.165, 1.54) is 0 Å². The summed E-state index contributed by atoms with van der Waals surface area (Å²) in [5, 5.41) is 0. The molecule has 6 aliphatic carbocycles. The van der Waals surface area contributed by atoms with Crippen molar-refractivity contribution in [3.05, 3.63) is 0 Å². The molecule has 0 saturated heterocycles. The van der Waals surface area contributed by atoms with E-state index in [1.54, 1.807) is 0 Å². The maximum Gasteiger partial charge on any atom is 0.229 e. The van der Waals surface area contributed by atoms with Crippen molar-refractivity contribution in [2.24, 2.45) is 46.8 Å². The van der Waals surface area contributed by atoms with Gasteiger partial charge in [-0.1, -0.05) is 0 Å². The van der Waals surface area contributed by atoms with E-state index in [2.05, 4.69) is 20.8 Å². The lowest BCUT2D eigenvalue weighted by atomic mass is 8.96. The number of carbonyl (C=O) groups is 1. The van der Waals surface area contributed by atoms with Crippen molar-refractivity contribution in [2.75, 3.05) is 7.05 Å². The SMILES string of the molecule is CN(C(=O)C12C3C4C5C3C1C5C42)C(C)(C)C. The highest BCUT2D eigenvalue weighted by atomic mass is 16.2. The molecule has 0 aromatic carbocycles. The lowest BCUT2D eigenvalue weighted by Gasteiger charge is -3.06. The molecule has 16 heavy (non-hydrogen) atoms. The van der Waals surface area contributed by atoms with Gasteiger partial charge >= 0.3 is 0 Å². The van der Waals surface area contributed by atoms with Gasteiger partial charge in [-0.15, -0.1) is 0 Å². The maximum atomic E-state index is 12.7. The second kappa shape index (κ2) is 1.77. The van der Waals surface area contributed by atoms with Crippen molar-refractivity contribution < 1.29 is 4.79 Å². The van der Waals surface area contributed by atoms with Gasteiger partial charge in [0.25, 0.3) is 0 Å². The number of nitrogens with zero attached hydrogens (tertiary/aromatic N) is 1. The minimum Gasteiger partial charge on any atom is -0.340 e. The molecule has 86 valence electrons. The molecule has 6 rings (SSSR count). The first-order valence-corrected chi connectivity index (χ1v) is 6.71. The molecule has 0 aliphatic heterocycles. The number of carbonyl (C=O) groups excluding carboxylic acids is 1. The van der Waals surface area contributed by atoms with E-state index in [0.29, 0.717) is 5.91 Å². The van der Waals surface area contributed by atoms with Gasteiger partial charge in [-0.05, 0) is 62.2 Å². The highest BCUT2D eigenvalue weighted by Gasteiger charge is 3.06. The fraction of sp³-hybridized carbons (Fsp3) is 0.929. The summed E-state index contributed by atoms with van der Waals surface area (Å²) >= 11 is 0. The van der Waals surface area contributed by atoms with Gasteiger partial charge in [-0.25, -0.2) is 0 Å². The highest BCUT2D eigenvalue weighted by molar-refractivity contribution is 5.92. The monoisotopic (exact) mass is 217 g/mol. The zero-order valence-electron chi connectivity index (χ0n) is 10.4. The van der Waals surface area contributed by atoms with Crippen molar-refractivity contribution in [1.29, 1.82) is 0 Å². The zero-order valence-corrected chi connectivity index (χ0v) is 10.4. The second-order valence-electron chi connectivity index (χ2n) is 7.85. The Morgan fingerprint density at radius 2 is 1.44 bits per heavy atom. The summed E-state index contributed by atoms with van der Waals surface area (Å²) in [5.41, 5.74) is 0.184. The van der Waals surface area contributed by atoms with E-state index in [-0.39, 0.29) is 11.0 Å². The van der Waals surface area contributed by atoms with Crippen LogP contribution in [0.3, 0.4) is 0 Å². The molecule has 1 amide bonds. The number of rotatable bonds is 1. The van der Waals surface area contributed by atoms with Crippen LogP contribution in [0.5, 0.6) is 0 Å². The molecule has 0 heterocycles. The summed E-state index contributed by atoms with van der Waals surface area (Å²) in [6, 6.07) is 0. The van der Waals surface area contributed by atoms with Crippen LogP contribution in [-0.4, -0.2) is 23.4 Å². The van der Waals surface area contributed by atoms with Gasteiger partial charge in [-0.3, -0.25) is 4.79 Å². The molecule has 0 bridgehead atoms. The lowest BCUT2D eigenvalue weighted by molar-refractivity contribution is -0.597. The summed E-state index contributed by atoms with van der Waals surface area (Å²) < 4.78 is 0. The molecular weight excluding hydrogens is 198 g/mol. The normalized spacial score (nSPS) is 65.4. The van der Waals surface area contributed by atoms with Gasteiger partial charge in [0.05, 0.1) is 5.41 Å². The Balaban J connectivity index is 1.49. The first-order valence-electron chi connectivity index (χ1n) is 6.71. The van der Waals surface area contributed by atoms with Gasteiger partial charge in [0, 0.05) is 12.6 Å². The molecule has 0 unspecified atom stereocenters. The Labute approximate surface area is 96.4 Å². The summed E-state index contributed by atoms with van der Waals surface area (Å²) in [7, 11) is 2.00. The van der Waals surface area contributed by atoms with Crippen LogP contribution < -0.4 is 0 Å². The minimum absolute atomic E-state index is 0.00765. The van der Waals surface area contributed by atoms with Gasteiger partial charge in [0.15, 0.2) is 0 Å². The molecule has 0 atom stereocenters. The topological polar surface area (TPSA) is 20.3 Å². The molecule has 0 radical (unpaired) electrons. The molecule has 0 N–H and O–H groups in total.